The molecule has 0 radical (unpaired) electrons. The molecule has 1 fully saturated rings. The van der Waals surface area contributed by atoms with Crippen molar-refractivity contribution in [1.82, 2.24) is 10.6 Å². The fourth-order valence-corrected chi connectivity index (χ4v) is 1.77. The van der Waals surface area contributed by atoms with Gasteiger partial charge in [0.2, 0.25) is 0 Å². The number of halogens is 1. The third kappa shape index (κ3) is 9.77. The number of nitrogens with one attached hydrogen (secondary N) is 2. The highest BCUT2D eigenvalue weighted by Crippen LogP contribution is 2.28. The molecule has 2 N–H and O–H groups in total. The summed E-state index contributed by atoms with van der Waals surface area (Å²) in [5, 5.41) is 6.74. The summed E-state index contributed by atoms with van der Waals surface area (Å²) in [7, 11) is 1.69. The van der Waals surface area contributed by atoms with E-state index in [4.69, 9.17) is 9.47 Å². The number of hydrogen-bond donors (Lipinski definition) is 2. The Morgan fingerprint density at radius 1 is 1.25 bits per heavy atom. The lowest BCUT2D eigenvalue weighted by Gasteiger charge is -2.10. The molecule has 1 aliphatic carbocycles. The average molecular weight is 399 g/mol. The highest BCUT2D eigenvalue weighted by Gasteiger charge is 2.33. The Bertz CT molecular complexity index is 265. The molecule has 0 aliphatic heterocycles. The van der Waals surface area contributed by atoms with Gasteiger partial charge in [-0.2, -0.15) is 0 Å². The van der Waals surface area contributed by atoms with Gasteiger partial charge in [0.25, 0.3) is 0 Å². The van der Waals surface area contributed by atoms with E-state index in [9.17, 15) is 0 Å². The summed E-state index contributed by atoms with van der Waals surface area (Å²) < 4.78 is 10.3. The van der Waals surface area contributed by atoms with Gasteiger partial charge >= 0.3 is 0 Å². The maximum absolute atomic E-state index is 5.41. The quantitative estimate of drug-likeness (QED) is 0.256. The van der Waals surface area contributed by atoms with Crippen LogP contribution in [0.3, 0.4) is 0 Å². The van der Waals surface area contributed by atoms with E-state index in [2.05, 4.69) is 29.5 Å². The molecule has 5 nitrogen and oxygen atoms in total. The summed E-state index contributed by atoms with van der Waals surface area (Å²) in [6.07, 6.45) is 3.37. The van der Waals surface area contributed by atoms with Crippen LogP contribution >= 0.6 is 24.0 Å². The molecule has 0 heterocycles. The first-order chi connectivity index (χ1) is 9.27. The minimum atomic E-state index is 0. The van der Waals surface area contributed by atoms with E-state index in [0.717, 1.165) is 44.4 Å². The Morgan fingerprint density at radius 2 is 2.00 bits per heavy atom. The first-order valence-electron chi connectivity index (χ1n) is 7.39. The third-order valence-corrected chi connectivity index (χ3v) is 3.17. The number of guanidine groups is 1. The fraction of sp³-hybridized carbons (Fsp3) is 0.929. The monoisotopic (exact) mass is 399 g/mol. The topological polar surface area (TPSA) is 54.9 Å². The van der Waals surface area contributed by atoms with Crippen molar-refractivity contribution in [2.45, 2.75) is 39.2 Å². The molecule has 0 aromatic rings. The molecule has 6 heteroatoms. The van der Waals surface area contributed by atoms with Crippen LogP contribution in [0.5, 0.6) is 0 Å². The van der Waals surface area contributed by atoms with Crippen molar-refractivity contribution >= 4 is 29.9 Å². The molecule has 0 bridgehead atoms. The number of ether oxygens (including phenoxy) is 2. The molecule has 2 unspecified atom stereocenters. The zero-order chi connectivity index (χ0) is 13.9. The Kier molecular flexibility index (Phi) is 12.6. The maximum Gasteiger partial charge on any atom is 0.191 e. The van der Waals surface area contributed by atoms with Gasteiger partial charge in [-0.1, -0.05) is 6.92 Å². The van der Waals surface area contributed by atoms with Crippen LogP contribution in [0, 0.1) is 5.92 Å². The largest absolute Gasteiger partial charge is 0.382 e. The van der Waals surface area contributed by atoms with E-state index in [-0.39, 0.29) is 24.0 Å². The van der Waals surface area contributed by atoms with Gasteiger partial charge in [0, 0.05) is 32.8 Å². The van der Waals surface area contributed by atoms with E-state index in [1.54, 1.807) is 7.11 Å². The van der Waals surface area contributed by atoms with Gasteiger partial charge in [-0.05, 0) is 32.1 Å². The molecule has 0 amide bonds. The second-order valence-electron chi connectivity index (χ2n) is 5.04. The highest BCUT2D eigenvalue weighted by molar-refractivity contribution is 14.0. The van der Waals surface area contributed by atoms with E-state index in [1.165, 1.54) is 6.42 Å². The standard InChI is InChI=1S/C14H29N3O2.HI/c1-4-15-14(17-13-11-12(13)2)16-7-5-6-8-19-10-9-18-3;/h12-13H,4-11H2,1-3H3,(H2,15,16,17);1H. The summed E-state index contributed by atoms with van der Waals surface area (Å²) in [4.78, 5) is 4.58. The SMILES string of the molecule is CCNC(=NCCCCOCCOC)NC1CC1C.I. The van der Waals surface area contributed by atoms with Crippen molar-refractivity contribution in [3.8, 4) is 0 Å². The summed E-state index contributed by atoms with van der Waals surface area (Å²) in [6, 6.07) is 0.621. The maximum atomic E-state index is 5.41. The molecule has 1 saturated carbocycles. The molecular formula is C14H30IN3O2. The van der Waals surface area contributed by atoms with Crippen LogP contribution in [-0.2, 0) is 9.47 Å². The lowest BCUT2D eigenvalue weighted by molar-refractivity contribution is 0.0690. The zero-order valence-corrected chi connectivity index (χ0v) is 15.3. The molecule has 0 saturated heterocycles. The van der Waals surface area contributed by atoms with Crippen molar-refractivity contribution in [2.75, 3.05) is 40.0 Å². The van der Waals surface area contributed by atoms with Gasteiger partial charge in [0.15, 0.2) is 5.96 Å². The number of rotatable bonds is 10. The van der Waals surface area contributed by atoms with Crippen LogP contribution in [0.1, 0.15) is 33.1 Å². The summed E-state index contributed by atoms with van der Waals surface area (Å²) in [5.74, 6) is 1.75. The van der Waals surface area contributed by atoms with Gasteiger partial charge in [0.05, 0.1) is 13.2 Å². The van der Waals surface area contributed by atoms with Crippen molar-refractivity contribution in [3.63, 3.8) is 0 Å². The predicted octanol–water partition coefficient (Wildman–Crippen LogP) is 2.01. The van der Waals surface area contributed by atoms with Crippen LogP contribution in [0.25, 0.3) is 0 Å². The van der Waals surface area contributed by atoms with E-state index < -0.39 is 0 Å². The molecule has 1 rings (SSSR count). The lowest BCUT2D eigenvalue weighted by atomic mass is 10.3. The summed E-state index contributed by atoms with van der Waals surface area (Å²) >= 11 is 0. The van der Waals surface area contributed by atoms with Crippen LogP contribution in [0.15, 0.2) is 4.99 Å². The van der Waals surface area contributed by atoms with Crippen LogP contribution < -0.4 is 10.6 Å². The molecule has 1 aliphatic rings. The van der Waals surface area contributed by atoms with Gasteiger partial charge in [0.1, 0.15) is 0 Å². The molecular weight excluding hydrogens is 369 g/mol. The smallest absolute Gasteiger partial charge is 0.191 e. The molecule has 120 valence electrons. The van der Waals surface area contributed by atoms with Crippen molar-refractivity contribution in [1.29, 1.82) is 0 Å². The Hall–Kier alpha value is -0.0800. The Labute approximate surface area is 140 Å². The van der Waals surface area contributed by atoms with Gasteiger partial charge < -0.3 is 20.1 Å². The average Bonchev–Trinajstić information content (AvgIpc) is 3.08. The van der Waals surface area contributed by atoms with Crippen molar-refractivity contribution in [2.24, 2.45) is 10.9 Å². The Balaban J connectivity index is 0.00000361. The van der Waals surface area contributed by atoms with Crippen molar-refractivity contribution in [3.05, 3.63) is 0 Å². The normalized spacial score (nSPS) is 21.2. The van der Waals surface area contributed by atoms with Gasteiger partial charge in [-0.15, -0.1) is 24.0 Å². The zero-order valence-electron chi connectivity index (χ0n) is 13.0. The summed E-state index contributed by atoms with van der Waals surface area (Å²) in [6.45, 7) is 8.27. The van der Waals surface area contributed by atoms with Crippen molar-refractivity contribution < 1.29 is 9.47 Å². The van der Waals surface area contributed by atoms with E-state index >= 15 is 0 Å². The number of hydrogen-bond acceptors (Lipinski definition) is 3. The predicted molar refractivity (Wildman–Crippen MR) is 94.0 cm³/mol. The first kappa shape index (κ1) is 19.9. The molecule has 20 heavy (non-hydrogen) atoms. The number of nitrogens with zero attached hydrogens (tertiary/aromatic N) is 1. The van der Waals surface area contributed by atoms with Crippen LogP contribution in [0.2, 0.25) is 0 Å². The summed E-state index contributed by atoms with van der Waals surface area (Å²) in [5.41, 5.74) is 0. The third-order valence-electron chi connectivity index (χ3n) is 3.17. The number of aliphatic imine (C=N–C) groups is 1. The molecule has 0 aromatic carbocycles. The minimum Gasteiger partial charge on any atom is -0.382 e. The minimum absolute atomic E-state index is 0. The van der Waals surface area contributed by atoms with Gasteiger partial charge in [-0.25, -0.2) is 0 Å². The second-order valence-corrected chi connectivity index (χ2v) is 5.04. The Morgan fingerprint density at radius 3 is 2.60 bits per heavy atom. The highest BCUT2D eigenvalue weighted by atomic mass is 127. The molecule has 0 aromatic heterocycles. The second kappa shape index (κ2) is 12.6. The van der Waals surface area contributed by atoms with E-state index in [0.29, 0.717) is 19.3 Å². The van der Waals surface area contributed by atoms with Crippen LogP contribution in [-0.4, -0.2) is 52.0 Å². The van der Waals surface area contributed by atoms with Gasteiger partial charge in [-0.3, -0.25) is 4.99 Å². The van der Waals surface area contributed by atoms with E-state index in [1.807, 2.05) is 0 Å². The number of methoxy groups -OCH3 is 1. The molecule has 2 atom stereocenters. The molecule has 0 spiro atoms. The number of unbranched alkanes of at least 4 members (excludes halogenated alkanes) is 1. The fourth-order valence-electron chi connectivity index (χ4n) is 1.77. The lowest BCUT2D eigenvalue weighted by Crippen LogP contribution is -2.39. The first-order valence-corrected chi connectivity index (χ1v) is 7.39. The van der Waals surface area contributed by atoms with Crippen LogP contribution in [0.4, 0.5) is 0 Å².